The van der Waals surface area contributed by atoms with E-state index in [1.165, 1.54) is 6.26 Å². The average molecular weight is 487 g/mol. The summed E-state index contributed by atoms with van der Waals surface area (Å²) in [6.07, 6.45) is 4.88. The molecule has 0 spiro atoms. The van der Waals surface area contributed by atoms with Gasteiger partial charge in [-0.05, 0) is 63.1 Å². The molecule has 1 amide bonds. The van der Waals surface area contributed by atoms with Gasteiger partial charge in [-0.2, -0.15) is 0 Å². The van der Waals surface area contributed by atoms with E-state index in [0.717, 1.165) is 35.2 Å². The van der Waals surface area contributed by atoms with Crippen LogP contribution < -0.4 is 14.9 Å². The number of carbonyl (C=O) groups excluding carboxylic acids is 1. The largest absolute Gasteiger partial charge is 0.380 e. The van der Waals surface area contributed by atoms with Crippen LogP contribution in [0.5, 0.6) is 0 Å². The third-order valence-electron chi connectivity index (χ3n) is 6.03. The predicted octanol–water partition coefficient (Wildman–Crippen LogP) is 4.83. The van der Waals surface area contributed by atoms with E-state index >= 15 is 0 Å². The summed E-state index contributed by atoms with van der Waals surface area (Å²) in [5.41, 5.74) is 2.99. The van der Waals surface area contributed by atoms with Crippen molar-refractivity contribution in [3.05, 3.63) is 48.3 Å². The number of likely N-dealkylation sites (tertiary alicyclic amines) is 1. The molecule has 1 aromatic carbocycles. The van der Waals surface area contributed by atoms with Crippen LogP contribution in [-0.2, 0) is 0 Å². The lowest BCUT2D eigenvalue weighted by Crippen LogP contribution is -2.46. The number of anilines is 3. The van der Waals surface area contributed by atoms with Gasteiger partial charge in [-0.25, -0.2) is 4.98 Å². The Morgan fingerprint density at radius 1 is 1.24 bits per heavy atom. The number of piperidine rings is 1. The van der Waals surface area contributed by atoms with Gasteiger partial charge in [-0.1, -0.05) is 0 Å². The lowest BCUT2D eigenvalue weighted by atomic mass is 10.0. The van der Waals surface area contributed by atoms with Crippen LogP contribution in [0.25, 0.3) is 10.9 Å². The number of fused-ring (bicyclic) bond motifs is 1. The third-order valence-corrected chi connectivity index (χ3v) is 6.65. The minimum absolute atomic E-state index is 0.0217. The highest BCUT2D eigenvalue weighted by Gasteiger charge is 2.28. The fourth-order valence-electron chi connectivity index (χ4n) is 4.44. The van der Waals surface area contributed by atoms with Crippen molar-refractivity contribution in [2.45, 2.75) is 38.8 Å². The SMILES string of the molecule is CC(C)Nc1cccnc1N(C)C1CCN(C(=O)c2cc3cc(NS(C)(O)O)ccc3[nH]2)CC1. The molecular formula is C24H34N6O3S. The molecule has 0 unspecified atom stereocenters. The van der Waals surface area contributed by atoms with Gasteiger partial charge in [-0.15, -0.1) is 10.8 Å². The molecule has 0 bridgehead atoms. The van der Waals surface area contributed by atoms with Gasteiger partial charge in [0.25, 0.3) is 5.91 Å². The van der Waals surface area contributed by atoms with Crippen molar-refractivity contribution in [2.24, 2.45) is 0 Å². The minimum Gasteiger partial charge on any atom is -0.380 e. The molecule has 0 saturated carbocycles. The predicted molar refractivity (Wildman–Crippen MR) is 141 cm³/mol. The number of nitrogens with zero attached hydrogens (tertiary/aromatic N) is 3. The van der Waals surface area contributed by atoms with E-state index in [1.807, 2.05) is 29.3 Å². The zero-order valence-corrected chi connectivity index (χ0v) is 20.9. The molecule has 0 atom stereocenters. The molecule has 3 aromatic rings. The van der Waals surface area contributed by atoms with Gasteiger partial charge >= 0.3 is 0 Å². The molecule has 0 radical (unpaired) electrons. The number of benzene rings is 1. The summed E-state index contributed by atoms with van der Waals surface area (Å²) < 4.78 is 22.0. The Kier molecular flexibility index (Phi) is 6.92. The van der Waals surface area contributed by atoms with E-state index in [-0.39, 0.29) is 5.91 Å². The number of aromatic amines is 1. The molecule has 0 aliphatic carbocycles. The molecule has 34 heavy (non-hydrogen) atoms. The third kappa shape index (κ3) is 5.57. The molecule has 3 heterocycles. The Balaban J connectivity index is 1.41. The van der Waals surface area contributed by atoms with E-state index in [1.54, 1.807) is 12.1 Å². The summed E-state index contributed by atoms with van der Waals surface area (Å²) in [5.74, 6) is 0.913. The van der Waals surface area contributed by atoms with E-state index in [0.29, 0.717) is 36.6 Å². The maximum atomic E-state index is 13.2. The lowest BCUT2D eigenvalue weighted by molar-refractivity contribution is 0.0708. The maximum absolute atomic E-state index is 13.2. The molecule has 5 N–H and O–H groups in total. The monoisotopic (exact) mass is 486 g/mol. The van der Waals surface area contributed by atoms with Crippen molar-refractivity contribution in [1.29, 1.82) is 0 Å². The van der Waals surface area contributed by atoms with Gasteiger partial charge in [-0.3, -0.25) is 18.6 Å². The normalized spacial score (nSPS) is 15.6. The van der Waals surface area contributed by atoms with Crippen molar-refractivity contribution < 1.29 is 13.9 Å². The van der Waals surface area contributed by atoms with Crippen molar-refractivity contribution in [3.63, 3.8) is 0 Å². The van der Waals surface area contributed by atoms with Crippen LogP contribution in [0.15, 0.2) is 42.6 Å². The first-order valence-electron chi connectivity index (χ1n) is 11.5. The van der Waals surface area contributed by atoms with Crippen molar-refractivity contribution >= 4 is 44.8 Å². The molecule has 1 aliphatic heterocycles. The highest BCUT2D eigenvalue weighted by atomic mass is 32.3. The van der Waals surface area contributed by atoms with Crippen LogP contribution in [0.4, 0.5) is 17.2 Å². The first-order valence-corrected chi connectivity index (χ1v) is 13.4. The summed E-state index contributed by atoms with van der Waals surface area (Å²) in [5, 5.41) is 4.31. The fourth-order valence-corrected chi connectivity index (χ4v) is 5.01. The quantitative estimate of drug-likeness (QED) is 0.325. The molecule has 1 saturated heterocycles. The highest BCUT2D eigenvalue weighted by molar-refractivity contribution is 8.24. The number of pyridine rings is 1. The highest BCUT2D eigenvalue weighted by Crippen LogP contribution is 2.35. The molecule has 2 aromatic heterocycles. The minimum atomic E-state index is -2.86. The molecule has 4 rings (SSSR count). The average Bonchev–Trinajstić information content (AvgIpc) is 3.20. The molecule has 9 nitrogen and oxygen atoms in total. The summed E-state index contributed by atoms with van der Waals surface area (Å²) >= 11 is 0. The Morgan fingerprint density at radius 3 is 2.65 bits per heavy atom. The number of hydrogen-bond acceptors (Lipinski definition) is 7. The van der Waals surface area contributed by atoms with E-state index in [2.05, 4.69) is 51.9 Å². The Labute approximate surface area is 202 Å². The molecule has 1 aliphatic rings. The number of carbonyl (C=O) groups is 1. The van der Waals surface area contributed by atoms with E-state index < -0.39 is 10.8 Å². The first kappa shape index (κ1) is 24.2. The van der Waals surface area contributed by atoms with Crippen LogP contribution in [0.1, 0.15) is 37.2 Å². The van der Waals surface area contributed by atoms with Crippen molar-refractivity contribution in [2.75, 3.05) is 41.3 Å². The maximum Gasteiger partial charge on any atom is 0.270 e. The fraction of sp³-hybridized carbons (Fsp3) is 0.417. The van der Waals surface area contributed by atoms with Crippen LogP contribution in [0.2, 0.25) is 0 Å². The van der Waals surface area contributed by atoms with Gasteiger partial charge in [0.2, 0.25) is 0 Å². The number of nitrogens with one attached hydrogen (secondary N) is 3. The van der Waals surface area contributed by atoms with Gasteiger partial charge in [0.1, 0.15) is 5.69 Å². The zero-order valence-electron chi connectivity index (χ0n) is 20.1. The second-order valence-electron chi connectivity index (χ2n) is 9.23. The number of hydrogen-bond donors (Lipinski definition) is 5. The summed E-state index contributed by atoms with van der Waals surface area (Å²) in [7, 11) is -0.787. The molecule has 184 valence electrons. The van der Waals surface area contributed by atoms with Gasteiger partial charge < -0.3 is 20.1 Å². The van der Waals surface area contributed by atoms with Crippen LogP contribution in [0, 0.1) is 0 Å². The van der Waals surface area contributed by atoms with Gasteiger partial charge in [0, 0.05) is 55.6 Å². The smallest absolute Gasteiger partial charge is 0.270 e. The number of H-pyrrole nitrogens is 1. The molecular weight excluding hydrogens is 452 g/mol. The number of rotatable bonds is 7. The second kappa shape index (κ2) is 9.73. The molecule has 1 fully saturated rings. The molecule has 10 heteroatoms. The first-order chi connectivity index (χ1) is 16.1. The summed E-state index contributed by atoms with van der Waals surface area (Å²) in [4.78, 5) is 25.1. The van der Waals surface area contributed by atoms with E-state index in [4.69, 9.17) is 0 Å². The van der Waals surface area contributed by atoms with Crippen molar-refractivity contribution in [1.82, 2.24) is 14.9 Å². The van der Waals surface area contributed by atoms with Crippen LogP contribution in [0.3, 0.4) is 0 Å². The zero-order chi connectivity index (χ0) is 24.5. The number of aromatic nitrogens is 2. The Bertz CT molecular complexity index is 1150. The lowest BCUT2D eigenvalue weighted by Gasteiger charge is -2.37. The Hall–Kier alpha value is -2.95. The number of amides is 1. The Morgan fingerprint density at radius 2 is 1.97 bits per heavy atom. The second-order valence-corrected chi connectivity index (χ2v) is 11.1. The van der Waals surface area contributed by atoms with Gasteiger partial charge in [0.05, 0.1) is 11.4 Å². The van der Waals surface area contributed by atoms with Gasteiger partial charge in [0.15, 0.2) is 5.82 Å². The summed E-state index contributed by atoms with van der Waals surface area (Å²) in [6, 6.07) is 11.8. The summed E-state index contributed by atoms with van der Waals surface area (Å²) in [6.45, 7) is 5.57. The van der Waals surface area contributed by atoms with E-state index in [9.17, 15) is 13.9 Å². The van der Waals surface area contributed by atoms with Crippen LogP contribution in [-0.4, -0.2) is 68.4 Å². The van der Waals surface area contributed by atoms with Crippen molar-refractivity contribution in [3.8, 4) is 0 Å². The standard InChI is InChI=1S/C24H34N6O3S/c1-16(2)26-21-6-5-11-25-23(21)29(3)19-9-12-30(13-10-19)24(31)22-15-17-14-18(28-34(4,32)33)7-8-20(17)27-22/h5-8,11,14-16,19,26-28,32-33H,9-10,12-13H2,1-4H3. The topological polar surface area (TPSA) is 117 Å². The van der Waals surface area contributed by atoms with Crippen LogP contribution >= 0.6 is 10.8 Å².